The van der Waals surface area contributed by atoms with Crippen LogP contribution in [0.5, 0.6) is 5.75 Å². The topological polar surface area (TPSA) is 49.3 Å². The van der Waals surface area contributed by atoms with Crippen LogP contribution in [0.4, 0.5) is 4.39 Å². The summed E-state index contributed by atoms with van der Waals surface area (Å²) in [5.41, 5.74) is 0.233. The van der Waals surface area contributed by atoms with Crippen LogP contribution in [0.15, 0.2) is 18.2 Å². The molecule has 2 rings (SSSR count). The lowest BCUT2D eigenvalue weighted by Gasteiger charge is -2.26. The van der Waals surface area contributed by atoms with E-state index in [1.807, 2.05) is 0 Å². The summed E-state index contributed by atoms with van der Waals surface area (Å²) in [5.74, 6) is -0.663. The number of rotatable bonds is 3. The average Bonchev–Trinajstić information content (AvgIpc) is 2.18. The predicted octanol–water partition coefficient (Wildman–Crippen LogP) is 1.74. The molecule has 0 heterocycles. The van der Waals surface area contributed by atoms with Crippen molar-refractivity contribution in [1.29, 1.82) is 0 Å². The fraction of sp³-hybridized carbons (Fsp3) is 0.417. The third-order valence-electron chi connectivity index (χ3n) is 2.85. The van der Waals surface area contributed by atoms with Gasteiger partial charge in [0, 0.05) is 11.6 Å². The molecule has 0 aromatic heterocycles. The van der Waals surface area contributed by atoms with E-state index in [4.69, 9.17) is 0 Å². The minimum absolute atomic E-state index is 0.0171. The minimum Gasteiger partial charge on any atom is -0.508 e. The molecule has 0 bridgehead atoms. The Balaban J connectivity index is 1.96. The molecule has 2 N–H and O–H groups in total. The Bertz CT molecular complexity index is 402. The summed E-state index contributed by atoms with van der Waals surface area (Å²) in [4.78, 5) is 11.5. The first-order valence-corrected chi connectivity index (χ1v) is 5.42. The second-order valence-electron chi connectivity index (χ2n) is 4.15. The third kappa shape index (κ3) is 2.51. The van der Waals surface area contributed by atoms with Gasteiger partial charge in [0.2, 0.25) is 5.91 Å². The molecule has 86 valence electrons. The summed E-state index contributed by atoms with van der Waals surface area (Å²) in [6.07, 6.45) is 3.14. The first kappa shape index (κ1) is 10.9. The van der Waals surface area contributed by atoms with Gasteiger partial charge in [-0.15, -0.1) is 0 Å². The molecule has 0 aliphatic heterocycles. The Morgan fingerprint density at radius 1 is 1.50 bits per heavy atom. The van der Waals surface area contributed by atoms with Gasteiger partial charge in [-0.05, 0) is 37.5 Å². The van der Waals surface area contributed by atoms with E-state index in [9.17, 15) is 14.3 Å². The zero-order chi connectivity index (χ0) is 11.5. The Hall–Kier alpha value is -1.58. The highest BCUT2D eigenvalue weighted by atomic mass is 19.1. The molecule has 1 aromatic rings. The number of carbonyl (C=O) groups excluding carboxylic acids is 1. The maximum Gasteiger partial charge on any atom is 0.224 e. The number of phenols is 1. The first-order valence-electron chi connectivity index (χ1n) is 5.42. The van der Waals surface area contributed by atoms with E-state index in [-0.39, 0.29) is 29.7 Å². The van der Waals surface area contributed by atoms with Crippen LogP contribution in [-0.2, 0) is 11.2 Å². The van der Waals surface area contributed by atoms with Gasteiger partial charge in [-0.3, -0.25) is 4.79 Å². The molecule has 1 amide bonds. The van der Waals surface area contributed by atoms with Gasteiger partial charge in [0.1, 0.15) is 11.6 Å². The fourth-order valence-electron chi connectivity index (χ4n) is 1.70. The van der Waals surface area contributed by atoms with Crippen LogP contribution >= 0.6 is 0 Å². The van der Waals surface area contributed by atoms with Gasteiger partial charge in [0.05, 0.1) is 6.42 Å². The smallest absolute Gasteiger partial charge is 0.224 e. The molecule has 1 aliphatic carbocycles. The van der Waals surface area contributed by atoms with E-state index in [0.29, 0.717) is 0 Å². The van der Waals surface area contributed by atoms with E-state index in [2.05, 4.69) is 5.32 Å². The standard InChI is InChI=1S/C12H14FNO2/c13-11-5-4-10(15)6-8(11)7-12(16)14-9-2-1-3-9/h4-6,9,15H,1-3,7H2,(H,14,16). The number of hydrogen-bond donors (Lipinski definition) is 2. The van der Waals surface area contributed by atoms with Gasteiger partial charge in [-0.2, -0.15) is 0 Å². The summed E-state index contributed by atoms with van der Waals surface area (Å²) in [6, 6.07) is 3.98. The summed E-state index contributed by atoms with van der Waals surface area (Å²) >= 11 is 0. The van der Waals surface area contributed by atoms with Crippen molar-refractivity contribution < 1.29 is 14.3 Å². The molecule has 0 saturated heterocycles. The van der Waals surface area contributed by atoms with Crippen LogP contribution < -0.4 is 5.32 Å². The lowest BCUT2D eigenvalue weighted by molar-refractivity contribution is -0.121. The fourth-order valence-corrected chi connectivity index (χ4v) is 1.70. The number of aromatic hydroxyl groups is 1. The summed E-state index contributed by atoms with van der Waals surface area (Å²) in [7, 11) is 0. The molecular weight excluding hydrogens is 209 g/mol. The molecule has 0 atom stereocenters. The van der Waals surface area contributed by atoms with Gasteiger partial charge in [0.25, 0.3) is 0 Å². The lowest BCUT2D eigenvalue weighted by Crippen LogP contribution is -2.40. The van der Waals surface area contributed by atoms with Gasteiger partial charge in [-0.25, -0.2) is 4.39 Å². The normalized spacial score (nSPS) is 15.6. The van der Waals surface area contributed by atoms with Crippen molar-refractivity contribution in [2.45, 2.75) is 31.7 Å². The summed E-state index contributed by atoms with van der Waals surface area (Å²) in [5, 5.41) is 12.0. The van der Waals surface area contributed by atoms with Crippen molar-refractivity contribution in [2.75, 3.05) is 0 Å². The number of phenolic OH excluding ortho intramolecular Hbond substituents is 1. The molecule has 1 fully saturated rings. The van der Waals surface area contributed by atoms with Gasteiger partial charge >= 0.3 is 0 Å². The van der Waals surface area contributed by atoms with Crippen LogP contribution in [0.3, 0.4) is 0 Å². The van der Waals surface area contributed by atoms with Crippen molar-refractivity contribution in [3.05, 3.63) is 29.6 Å². The van der Waals surface area contributed by atoms with Gasteiger partial charge in [0.15, 0.2) is 0 Å². The molecule has 0 spiro atoms. The lowest BCUT2D eigenvalue weighted by atomic mass is 9.93. The van der Waals surface area contributed by atoms with Crippen molar-refractivity contribution in [3.63, 3.8) is 0 Å². The largest absolute Gasteiger partial charge is 0.508 e. The average molecular weight is 223 g/mol. The second-order valence-corrected chi connectivity index (χ2v) is 4.15. The van der Waals surface area contributed by atoms with E-state index in [1.165, 1.54) is 18.2 Å². The molecule has 4 heteroatoms. The molecule has 3 nitrogen and oxygen atoms in total. The maximum atomic E-state index is 13.3. The maximum absolute atomic E-state index is 13.3. The van der Waals surface area contributed by atoms with Crippen LogP contribution in [0, 0.1) is 5.82 Å². The second kappa shape index (κ2) is 4.51. The van der Waals surface area contributed by atoms with Crippen molar-refractivity contribution in [1.82, 2.24) is 5.32 Å². The van der Waals surface area contributed by atoms with Crippen LogP contribution in [0.25, 0.3) is 0 Å². The number of halogens is 1. The number of hydrogen-bond acceptors (Lipinski definition) is 2. The molecular formula is C12H14FNO2. The molecule has 1 saturated carbocycles. The van der Waals surface area contributed by atoms with E-state index >= 15 is 0 Å². The van der Waals surface area contributed by atoms with Crippen molar-refractivity contribution >= 4 is 5.91 Å². The Morgan fingerprint density at radius 2 is 2.25 bits per heavy atom. The molecule has 1 aliphatic rings. The van der Waals surface area contributed by atoms with E-state index < -0.39 is 5.82 Å². The van der Waals surface area contributed by atoms with E-state index in [1.54, 1.807) is 0 Å². The SMILES string of the molecule is O=C(Cc1cc(O)ccc1F)NC1CCC1. The minimum atomic E-state index is -0.457. The number of amides is 1. The number of nitrogens with one attached hydrogen (secondary N) is 1. The predicted molar refractivity (Wildman–Crippen MR) is 57.6 cm³/mol. The third-order valence-corrected chi connectivity index (χ3v) is 2.85. The Kier molecular flexibility index (Phi) is 3.08. The highest BCUT2D eigenvalue weighted by Crippen LogP contribution is 2.19. The van der Waals surface area contributed by atoms with E-state index in [0.717, 1.165) is 19.3 Å². The highest BCUT2D eigenvalue weighted by molar-refractivity contribution is 5.79. The van der Waals surface area contributed by atoms with Crippen LogP contribution in [-0.4, -0.2) is 17.1 Å². The monoisotopic (exact) mass is 223 g/mol. The van der Waals surface area contributed by atoms with Crippen LogP contribution in [0.2, 0.25) is 0 Å². The Morgan fingerprint density at radius 3 is 2.88 bits per heavy atom. The first-order chi connectivity index (χ1) is 7.65. The van der Waals surface area contributed by atoms with Crippen molar-refractivity contribution in [2.24, 2.45) is 0 Å². The zero-order valence-corrected chi connectivity index (χ0v) is 8.87. The quantitative estimate of drug-likeness (QED) is 0.820. The van der Waals surface area contributed by atoms with Gasteiger partial charge < -0.3 is 10.4 Å². The number of carbonyl (C=O) groups is 1. The zero-order valence-electron chi connectivity index (χ0n) is 8.87. The molecule has 0 unspecified atom stereocenters. The highest BCUT2D eigenvalue weighted by Gasteiger charge is 2.19. The number of benzene rings is 1. The van der Waals surface area contributed by atoms with Crippen molar-refractivity contribution in [3.8, 4) is 5.75 Å². The summed E-state index contributed by atoms with van der Waals surface area (Å²) in [6.45, 7) is 0. The van der Waals surface area contributed by atoms with Crippen LogP contribution in [0.1, 0.15) is 24.8 Å². The molecule has 1 aromatic carbocycles. The summed E-state index contributed by atoms with van der Waals surface area (Å²) < 4.78 is 13.3. The van der Waals surface area contributed by atoms with Gasteiger partial charge in [-0.1, -0.05) is 0 Å². The molecule has 16 heavy (non-hydrogen) atoms. The Labute approximate surface area is 93.3 Å². The molecule has 0 radical (unpaired) electrons.